The van der Waals surface area contributed by atoms with Crippen molar-refractivity contribution < 1.29 is 9.59 Å². The Labute approximate surface area is 169 Å². The molecule has 2 unspecified atom stereocenters. The summed E-state index contributed by atoms with van der Waals surface area (Å²) in [5, 5.41) is 0.623. The summed E-state index contributed by atoms with van der Waals surface area (Å²) in [4.78, 5) is 40.2. The van der Waals surface area contributed by atoms with Gasteiger partial charge in [-0.25, -0.2) is 9.79 Å². The predicted molar refractivity (Wildman–Crippen MR) is 107 cm³/mol. The van der Waals surface area contributed by atoms with Crippen LogP contribution in [0.5, 0.6) is 0 Å². The van der Waals surface area contributed by atoms with Crippen LogP contribution in [-0.2, 0) is 11.3 Å². The summed E-state index contributed by atoms with van der Waals surface area (Å²) >= 11 is 5.94. The molecule has 2 fully saturated rings. The molecule has 4 rings (SSSR count). The Hall–Kier alpha value is -2.32. The Morgan fingerprint density at radius 2 is 1.64 bits per heavy atom. The monoisotopic (exact) mass is 404 g/mol. The van der Waals surface area contributed by atoms with Crippen LogP contribution >= 0.6 is 11.6 Å². The molecule has 1 aromatic carbocycles. The number of aliphatic imine (C=N–C) groups is 1. The van der Waals surface area contributed by atoms with Gasteiger partial charge in [-0.15, -0.1) is 0 Å². The SMILES string of the molecule is CN1CCN(C2=NC3C(C(=O)N(Cc4ccc(Cl)cc4)C(=O)N3C)N2C)CC1. The number of urea groups is 1. The van der Waals surface area contributed by atoms with Gasteiger partial charge in [-0.2, -0.15) is 0 Å². The van der Waals surface area contributed by atoms with E-state index in [0.29, 0.717) is 5.02 Å². The Bertz CT molecular complexity index is 805. The topological polar surface area (TPSA) is 62.7 Å². The molecular weight excluding hydrogens is 380 g/mol. The van der Waals surface area contributed by atoms with Crippen molar-refractivity contribution in [2.75, 3.05) is 47.3 Å². The van der Waals surface area contributed by atoms with Gasteiger partial charge in [0.15, 0.2) is 18.2 Å². The molecule has 0 N–H and O–H groups in total. The fourth-order valence-electron chi connectivity index (χ4n) is 3.98. The zero-order valence-corrected chi connectivity index (χ0v) is 17.1. The van der Waals surface area contributed by atoms with E-state index >= 15 is 0 Å². The van der Waals surface area contributed by atoms with Crippen LogP contribution in [-0.4, -0.2) is 102 Å². The number of rotatable bonds is 2. The second-order valence-electron chi connectivity index (χ2n) is 7.63. The third-order valence-electron chi connectivity index (χ3n) is 5.75. The first-order valence-electron chi connectivity index (χ1n) is 9.43. The van der Waals surface area contributed by atoms with Crippen molar-refractivity contribution in [3.63, 3.8) is 0 Å². The number of fused-ring (bicyclic) bond motifs is 1. The van der Waals surface area contributed by atoms with E-state index in [1.807, 2.05) is 24.1 Å². The summed E-state index contributed by atoms with van der Waals surface area (Å²) in [5.41, 5.74) is 0.860. The van der Waals surface area contributed by atoms with Gasteiger partial charge in [-0.1, -0.05) is 23.7 Å². The Morgan fingerprint density at radius 3 is 2.29 bits per heavy atom. The van der Waals surface area contributed by atoms with Crippen LogP contribution in [0.25, 0.3) is 0 Å². The predicted octanol–water partition coefficient (Wildman–Crippen LogP) is 0.977. The van der Waals surface area contributed by atoms with E-state index in [4.69, 9.17) is 16.6 Å². The molecule has 0 aromatic heterocycles. The van der Waals surface area contributed by atoms with Crippen LogP contribution in [0.4, 0.5) is 4.79 Å². The first kappa shape index (κ1) is 19.0. The van der Waals surface area contributed by atoms with Crippen molar-refractivity contribution in [3.8, 4) is 0 Å². The van der Waals surface area contributed by atoms with Gasteiger partial charge in [-0.3, -0.25) is 9.69 Å². The second kappa shape index (κ2) is 7.25. The first-order valence-corrected chi connectivity index (χ1v) is 9.81. The van der Waals surface area contributed by atoms with Crippen molar-refractivity contribution in [2.24, 2.45) is 4.99 Å². The number of likely N-dealkylation sites (N-methyl/N-ethyl adjacent to an activating group) is 3. The van der Waals surface area contributed by atoms with E-state index in [9.17, 15) is 9.59 Å². The largest absolute Gasteiger partial charge is 0.340 e. The highest BCUT2D eigenvalue weighted by atomic mass is 35.5. The first-order chi connectivity index (χ1) is 13.4. The van der Waals surface area contributed by atoms with Crippen LogP contribution in [0.3, 0.4) is 0 Å². The molecule has 1 aromatic rings. The zero-order valence-electron chi connectivity index (χ0n) is 16.4. The number of hydrogen-bond acceptors (Lipinski definition) is 6. The van der Waals surface area contributed by atoms with Gasteiger partial charge in [0.25, 0.3) is 5.91 Å². The number of piperazine rings is 1. The number of halogens is 1. The Balaban J connectivity index is 1.55. The fraction of sp³-hybridized carbons (Fsp3) is 0.526. The van der Waals surface area contributed by atoms with Crippen molar-refractivity contribution in [1.82, 2.24) is 24.5 Å². The average molecular weight is 405 g/mol. The lowest BCUT2D eigenvalue weighted by atomic mass is 10.1. The highest BCUT2D eigenvalue weighted by Gasteiger charge is 2.51. The molecule has 150 valence electrons. The van der Waals surface area contributed by atoms with E-state index in [1.165, 1.54) is 4.90 Å². The van der Waals surface area contributed by atoms with E-state index in [1.54, 1.807) is 24.1 Å². The summed E-state index contributed by atoms with van der Waals surface area (Å²) in [7, 11) is 5.71. The lowest BCUT2D eigenvalue weighted by Crippen LogP contribution is -2.64. The average Bonchev–Trinajstić information content (AvgIpc) is 3.03. The van der Waals surface area contributed by atoms with Crippen LogP contribution in [0.2, 0.25) is 5.02 Å². The summed E-state index contributed by atoms with van der Waals surface area (Å²) in [6.45, 7) is 3.85. The van der Waals surface area contributed by atoms with E-state index in [2.05, 4.69) is 16.8 Å². The minimum atomic E-state index is -0.496. The maximum atomic E-state index is 13.2. The van der Waals surface area contributed by atoms with E-state index < -0.39 is 12.2 Å². The molecule has 0 radical (unpaired) electrons. The van der Waals surface area contributed by atoms with Gasteiger partial charge in [0.1, 0.15) is 0 Å². The number of nitrogens with zero attached hydrogens (tertiary/aromatic N) is 6. The Morgan fingerprint density at radius 1 is 1.00 bits per heavy atom. The molecule has 3 heterocycles. The molecule has 0 bridgehead atoms. The molecule has 3 aliphatic rings. The van der Waals surface area contributed by atoms with Gasteiger partial charge in [0, 0.05) is 45.3 Å². The normalized spacial score (nSPS) is 26.1. The Kier molecular flexibility index (Phi) is 4.93. The third kappa shape index (κ3) is 3.20. The van der Waals surface area contributed by atoms with E-state index in [-0.39, 0.29) is 18.5 Å². The van der Waals surface area contributed by atoms with Crippen molar-refractivity contribution in [2.45, 2.75) is 18.8 Å². The highest BCUT2D eigenvalue weighted by molar-refractivity contribution is 6.30. The van der Waals surface area contributed by atoms with Gasteiger partial charge in [0.2, 0.25) is 0 Å². The molecule has 3 aliphatic heterocycles. The number of imide groups is 1. The number of amides is 3. The third-order valence-corrected chi connectivity index (χ3v) is 6.00. The summed E-state index contributed by atoms with van der Waals surface area (Å²) in [6, 6.07) is 6.37. The van der Waals surface area contributed by atoms with Gasteiger partial charge in [-0.05, 0) is 24.7 Å². The lowest BCUT2D eigenvalue weighted by molar-refractivity contribution is -0.137. The lowest BCUT2D eigenvalue weighted by Gasteiger charge is -2.41. The smallest absolute Gasteiger partial charge is 0.328 e. The van der Waals surface area contributed by atoms with Crippen molar-refractivity contribution in [3.05, 3.63) is 34.9 Å². The highest BCUT2D eigenvalue weighted by Crippen LogP contribution is 2.29. The second-order valence-corrected chi connectivity index (χ2v) is 8.07. The van der Waals surface area contributed by atoms with Crippen LogP contribution in [0, 0.1) is 0 Å². The van der Waals surface area contributed by atoms with Crippen molar-refractivity contribution in [1.29, 1.82) is 0 Å². The minimum absolute atomic E-state index is 0.210. The van der Waals surface area contributed by atoms with E-state index in [0.717, 1.165) is 37.7 Å². The number of carbonyl (C=O) groups excluding carboxylic acids is 2. The van der Waals surface area contributed by atoms with Crippen molar-refractivity contribution >= 4 is 29.5 Å². The van der Waals surface area contributed by atoms with Crippen LogP contribution < -0.4 is 0 Å². The number of hydrogen-bond donors (Lipinski definition) is 0. The molecule has 28 heavy (non-hydrogen) atoms. The zero-order chi connectivity index (χ0) is 20.0. The number of benzene rings is 1. The molecule has 8 nitrogen and oxygen atoms in total. The number of carbonyl (C=O) groups is 2. The van der Waals surface area contributed by atoms with Crippen LogP contribution in [0.1, 0.15) is 5.56 Å². The maximum absolute atomic E-state index is 13.2. The molecule has 0 spiro atoms. The molecule has 0 saturated carbocycles. The standard InChI is InChI=1S/C19H25ClN6O2/c1-22-8-10-25(11-9-22)18-21-16-15(23(18)2)17(27)26(19(28)24(16)3)12-13-4-6-14(20)7-5-13/h4-7,15-16H,8-12H2,1-3H3. The van der Waals surface area contributed by atoms with Gasteiger partial charge >= 0.3 is 6.03 Å². The van der Waals surface area contributed by atoms with Gasteiger partial charge in [0.05, 0.1) is 6.54 Å². The molecular formula is C19H25ClN6O2. The molecule has 9 heteroatoms. The molecule has 2 atom stereocenters. The van der Waals surface area contributed by atoms with Gasteiger partial charge < -0.3 is 19.6 Å². The summed E-state index contributed by atoms with van der Waals surface area (Å²) in [6.07, 6.45) is -0.485. The quantitative estimate of drug-likeness (QED) is 0.735. The summed E-state index contributed by atoms with van der Waals surface area (Å²) in [5.74, 6) is 0.586. The summed E-state index contributed by atoms with van der Waals surface area (Å²) < 4.78 is 0. The van der Waals surface area contributed by atoms with Crippen LogP contribution in [0.15, 0.2) is 29.3 Å². The molecule has 2 saturated heterocycles. The fourth-order valence-corrected chi connectivity index (χ4v) is 4.11. The maximum Gasteiger partial charge on any atom is 0.328 e. The molecule has 0 aliphatic carbocycles. The number of guanidine groups is 1. The molecule has 3 amide bonds. The minimum Gasteiger partial charge on any atom is -0.340 e.